The van der Waals surface area contributed by atoms with E-state index < -0.39 is 0 Å². The van der Waals surface area contributed by atoms with Crippen molar-refractivity contribution in [2.75, 3.05) is 13.1 Å². The Morgan fingerprint density at radius 1 is 1.21 bits per heavy atom. The molecule has 1 amide bonds. The summed E-state index contributed by atoms with van der Waals surface area (Å²) in [4.78, 5) is 29.2. The van der Waals surface area contributed by atoms with Crippen molar-refractivity contribution < 1.29 is 9.21 Å². The number of carbonyl (C=O) groups is 1. The van der Waals surface area contributed by atoms with Crippen LogP contribution in [0.1, 0.15) is 64.2 Å². The second-order valence-electron chi connectivity index (χ2n) is 8.62. The van der Waals surface area contributed by atoms with Crippen molar-refractivity contribution in [1.29, 1.82) is 0 Å². The van der Waals surface area contributed by atoms with Gasteiger partial charge in [-0.25, -0.2) is 15.0 Å². The van der Waals surface area contributed by atoms with Gasteiger partial charge in [0.05, 0.1) is 12.7 Å². The molecule has 152 valence electrons. The van der Waals surface area contributed by atoms with Crippen LogP contribution in [0.25, 0.3) is 0 Å². The third-order valence-electron chi connectivity index (χ3n) is 5.25. The maximum Gasteiger partial charge on any atom is 0.219 e. The molecule has 3 heterocycles. The molecule has 7 nitrogen and oxygen atoms in total. The molecule has 2 aromatic heterocycles. The second kappa shape index (κ2) is 8.82. The molecule has 0 aromatic carbocycles. The summed E-state index contributed by atoms with van der Waals surface area (Å²) < 4.78 is 5.95. The van der Waals surface area contributed by atoms with Gasteiger partial charge in [0.2, 0.25) is 11.8 Å². The number of likely N-dealkylation sites (tertiary alicyclic amines) is 1. The Morgan fingerprint density at radius 2 is 1.96 bits per heavy atom. The van der Waals surface area contributed by atoms with E-state index in [0.717, 1.165) is 56.1 Å². The van der Waals surface area contributed by atoms with Crippen LogP contribution in [-0.4, -0.2) is 49.8 Å². The molecule has 28 heavy (non-hydrogen) atoms. The van der Waals surface area contributed by atoms with Crippen molar-refractivity contribution in [3.63, 3.8) is 0 Å². The van der Waals surface area contributed by atoms with Crippen LogP contribution in [0.15, 0.2) is 29.3 Å². The predicted molar refractivity (Wildman–Crippen MR) is 106 cm³/mol. The summed E-state index contributed by atoms with van der Waals surface area (Å²) in [6.07, 6.45) is 9.91. The minimum Gasteiger partial charge on any atom is -0.444 e. The molecule has 1 saturated heterocycles. The largest absolute Gasteiger partial charge is 0.444 e. The smallest absolute Gasteiger partial charge is 0.219 e. The molecule has 1 atom stereocenters. The van der Waals surface area contributed by atoms with Crippen molar-refractivity contribution in [2.45, 2.75) is 71.5 Å². The Morgan fingerprint density at radius 3 is 2.61 bits per heavy atom. The average molecular weight is 386 g/mol. The van der Waals surface area contributed by atoms with Crippen LogP contribution >= 0.6 is 0 Å². The highest BCUT2D eigenvalue weighted by Crippen LogP contribution is 2.24. The molecule has 1 aliphatic rings. The van der Waals surface area contributed by atoms with Gasteiger partial charge in [-0.1, -0.05) is 20.8 Å². The molecule has 1 fully saturated rings. The van der Waals surface area contributed by atoms with Crippen LogP contribution in [-0.2, 0) is 23.3 Å². The standard InChI is InChI=1S/C21H31N5O2/c1-16(27)26(13-17-10-22-15-23-11-17)18-6-5-8-25(9-7-18)14-20-24-12-19(28-20)21(2,3)4/h10-12,15,18H,5-9,13-14H2,1-4H3/t18-/m1/s1. The molecule has 2 aromatic rings. The first-order valence-corrected chi connectivity index (χ1v) is 10.0. The predicted octanol–water partition coefficient (Wildman–Crippen LogP) is 3.17. The number of hydrogen-bond acceptors (Lipinski definition) is 6. The topological polar surface area (TPSA) is 75.4 Å². The second-order valence-corrected chi connectivity index (χ2v) is 8.62. The first kappa shape index (κ1) is 20.5. The van der Waals surface area contributed by atoms with Gasteiger partial charge in [-0.05, 0) is 25.8 Å². The molecule has 3 rings (SSSR count). The van der Waals surface area contributed by atoms with Crippen molar-refractivity contribution in [2.24, 2.45) is 0 Å². The van der Waals surface area contributed by atoms with Gasteiger partial charge in [0.25, 0.3) is 0 Å². The zero-order valence-corrected chi connectivity index (χ0v) is 17.4. The van der Waals surface area contributed by atoms with E-state index in [4.69, 9.17) is 4.42 Å². The molecule has 0 spiro atoms. The van der Waals surface area contributed by atoms with E-state index in [1.54, 1.807) is 19.3 Å². The van der Waals surface area contributed by atoms with Crippen LogP contribution in [0.2, 0.25) is 0 Å². The quantitative estimate of drug-likeness (QED) is 0.787. The summed E-state index contributed by atoms with van der Waals surface area (Å²) in [5.74, 6) is 1.79. The van der Waals surface area contributed by atoms with Crippen LogP contribution in [0, 0.1) is 0 Å². The first-order valence-electron chi connectivity index (χ1n) is 10.0. The SMILES string of the molecule is CC(=O)N(Cc1cncnc1)[C@@H]1CCCN(Cc2ncc(C(C)(C)C)o2)CC1. The average Bonchev–Trinajstić information content (AvgIpc) is 3.00. The summed E-state index contributed by atoms with van der Waals surface area (Å²) >= 11 is 0. The van der Waals surface area contributed by atoms with E-state index in [1.165, 1.54) is 6.33 Å². The monoisotopic (exact) mass is 385 g/mol. The van der Waals surface area contributed by atoms with E-state index in [0.29, 0.717) is 6.54 Å². The van der Waals surface area contributed by atoms with Gasteiger partial charge in [0.15, 0.2) is 0 Å². The van der Waals surface area contributed by atoms with Crippen LogP contribution in [0.4, 0.5) is 0 Å². The Labute approximate surface area is 167 Å². The molecular weight excluding hydrogens is 354 g/mol. The van der Waals surface area contributed by atoms with Crippen LogP contribution in [0.3, 0.4) is 0 Å². The van der Waals surface area contributed by atoms with E-state index in [-0.39, 0.29) is 17.4 Å². The number of hydrogen-bond donors (Lipinski definition) is 0. The van der Waals surface area contributed by atoms with Crippen molar-refractivity contribution in [1.82, 2.24) is 24.8 Å². The van der Waals surface area contributed by atoms with E-state index >= 15 is 0 Å². The molecule has 0 aliphatic carbocycles. The molecule has 0 bridgehead atoms. The van der Waals surface area contributed by atoms with Gasteiger partial charge >= 0.3 is 0 Å². The van der Waals surface area contributed by atoms with Gasteiger partial charge in [0, 0.05) is 49.4 Å². The maximum atomic E-state index is 12.3. The summed E-state index contributed by atoms with van der Waals surface area (Å²) in [6.45, 7) is 11.2. The van der Waals surface area contributed by atoms with Gasteiger partial charge in [-0.15, -0.1) is 0 Å². The normalized spacial score (nSPS) is 18.6. The van der Waals surface area contributed by atoms with E-state index in [2.05, 4.69) is 40.6 Å². The Kier molecular flexibility index (Phi) is 6.44. The molecule has 0 unspecified atom stereocenters. The van der Waals surface area contributed by atoms with E-state index in [1.807, 2.05) is 11.1 Å². The highest BCUT2D eigenvalue weighted by atomic mass is 16.4. The van der Waals surface area contributed by atoms with Crippen LogP contribution in [0.5, 0.6) is 0 Å². The number of aromatic nitrogens is 3. The van der Waals surface area contributed by atoms with E-state index in [9.17, 15) is 4.79 Å². The van der Waals surface area contributed by atoms with Gasteiger partial charge in [-0.2, -0.15) is 0 Å². The molecule has 0 saturated carbocycles. The third kappa shape index (κ3) is 5.38. The zero-order valence-electron chi connectivity index (χ0n) is 17.4. The lowest BCUT2D eigenvalue weighted by Gasteiger charge is -2.30. The molecule has 0 N–H and O–H groups in total. The van der Waals surface area contributed by atoms with Crippen molar-refractivity contribution in [3.8, 4) is 0 Å². The third-order valence-corrected chi connectivity index (χ3v) is 5.25. The number of amides is 1. The van der Waals surface area contributed by atoms with Gasteiger partial charge < -0.3 is 9.32 Å². The number of carbonyl (C=O) groups excluding carboxylic acids is 1. The summed E-state index contributed by atoms with van der Waals surface area (Å²) in [5, 5.41) is 0. The minimum atomic E-state index is -0.0295. The van der Waals surface area contributed by atoms with Gasteiger partial charge in [0.1, 0.15) is 12.1 Å². The molecule has 0 radical (unpaired) electrons. The highest BCUT2D eigenvalue weighted by Gasteiger charge is 2.26. The number of nitrogens with zero attached hydrogens (tertiary/aromatic N) is 5. The zero-order chi connectivity index (χ0) is 20.1. The molecule has 1 aliphatic heterocycles. The Hall–Kier alpha value is -2.28. The van der Waals surface area contributed by atoms with Crippen molar-refractivity contribution >= 4 is 5.91 Å². The summed E-state index contributed by atoms with van der Waals surface area (Å²) in [6, 6.07) is 0.234. The maximum absolute atomic E-state index is 12.3. The number of rotatable bonds is 5. The fraction of sp³-hybridized carbons (Fsp3) is 0.619. The fourth-order valence-corrected chi connectivity index (χ4v) is 3.64. The minimum absolute atomic E-state index is 0.0295. The molecule has 7 heteroatoms. The fourth-order valence-electron chi connectivity index (χ4n) is 3.64. The number of oxazole rings is 1. The first-order chi connectivity index (χ1) is 13.3. The Balaban J connectivity index is 1.60. The van der Waals surface area contributed by atoms with Crippen molar-refractivity contribution in [3.05, 3.63) is 42.1 Å². The lowest BCUT2D eigenvalue weighted by Crippen LogP contribution is -2.39. The molecular formula is C21H31N5O2. The summed E-state index contributed by atoms with van der Waals surface area (Å²) in [5.41, 5.74) is 0.937. The lowest BCUT2D eigenvalue weighted by atomic mass is 9.94. The highest BCUT2D eigenvalue weighted by molar-refractivity contribution is 5.73. The Bertz CT molecular complexity index is 769. The summed E-state index contributed by atoms with van der Waals surface area (Å²) in [7, 11) is 0. The van der Waals surface area contributed by atoms with Gasteiger partial charge in [-0.3, -0.25) is 9.69 Å². The van der Waals surface area contributed by atoms with Crippen LogP contribution < -0.4 is 0 Å². The lowest BCUT2D eigenvalue weighted by molar-refractivity contribution is -0.132.